The van der Waals surface area contributed by atoms with E-state index in [9.17, 15) is 0 Å². The fraction of sp³-hybridized carbons (Fsp3) is 0.647. The molecule has 1 aliphatic carbocycles. The third-order valence-corrected chi connectivity index (χ3v) is 4.40. The first kappa shape index (κ1) is 14.5. The van der Waals surface area contributed by atoms with Crippen molar-refractivity contribution < 1.29 is 5.11 Å². The number of nitrogens with one attached hydrogen (secondary N) is 1. The van der Waals surface area contributed by atoms with Crippen LogP contribution in [0.25, 0.3) is 0 Å². The Balaban J connectivity index is 1.61. The second-order valence-corrected chi connectivity index (χ2v) is 6.07. The first-order valence-corrected chi connectivity index (χ1v) is 7.67. The van der Waals surface area contributed by atoms with E-state index in [4.69, 9.17) is 5.11 Å². The van der Waals surface area contributed by atoms with Crippen LogP contribution in [0.1, 0.15) is 50.2 Å². The predicted octanol–water partition coefficient (Wildman–Crippen LogP) is 3.48. The highest BCUT2D eigenvalue weighted by atomic mass is 16.3. The van der Waals surface area contributed by atoms with Crippen molar-refractivity contribution in [3.63, 3.8) is 0 Å². The van der Waals surface area contributed by atoms with Gasteiger partial charge in [0.25, 0.3) is 0 Å². The monoisotopic (exact) mass is 261 g/mol. The summed E-state index contributed by atoms with van der Waals surface area (Å²) in [4.78, 5) is 0. The molecule has 0 aliphatic heterocycles. The zero-order chi connectivity index (χ0) is 13.5. The molecule has 2 heteroatoms. The number of benzene rings is 1. The van der Waals surface area contributed by atoms with Gasteiger partial charge in [0.1, 0.15) is 0 Å². The van der Waals surface area contributed by atoms with Gasteiger partial charge in [-0.25, -0.2) is 0 Å². The van der Waals surface area contributed by atoms with Crippen LogP contribution in [0, 0.1) is 11.8 Å². The average molecular weight is 261 g/mol. The molecule has 0 unspecified atom stereocenters. The molecule has 0 aromatic heterocycles. The van der Waals surface area contributed by atoms with Crippen molar-refractivity contribution >= 4 is 0 Å². The van der Waals surface area contributed by atoms with Gasteiger partial charge in [0, 0.05) is 6.54 Å². The Morgan fingerprint density at radius 3 is 2.32 bits per heavy atom. The Hall–Kier alpha value is -0.860. The lowest BCUT2D eigenvalue weighted by Gasteiger charge is -2.26. The van der Waals surface area contributed by atoms with Crippen LogP contribution in [0.4, 0.5) is 0 Å². The maximum Gasteiger partial charge on any atom is 0.0681 e. The molecule has 0 spiro atoms. The average Bonchev–Trinajstić information content (AvgIpc) is 2.46. The molecule has 1 saturated carbocycles. The van der Waals surface area contributed by atoms with E-state index in [1.165, 1.54) is 37.7 Å². The van der Waals surface area contributed by atoms with Crippen LogP contribution < -0.4 is 5.32 Å². The molecule has 0 heterocycles. The van der Waals surface area contributed by atoms with Gasteiger partial charge in [0.2, 0.25) is 0 Å². The van der Waals surface area contributed by atoms with Gasteiger partial charge >= 0.3 is 0 Å². The second-order valence-electron chi connectivity index (χ2n) is 6.07. The highest BCUT2D eigenvalue weighted by Gasteiger charge is 2.17. The van der Waals surface area contributed by atoms with Crippen molar-refractivity contribution in [2.24, 2.45) is 11.8 Å². The molecular weight excluding hydrogens is 234 g/mol. The summed E-state index contributed by atoms with van der Waals surface area (Å²) in [5.74, 6) is 1.90. The summed E-state index contributed by atoms with van der Waals surface area (Å²) in [5.41, 5.74) is 2.29. The summed E-state index contributed by atoms with van der Waals surface area (Å²) >= 11 is 0. The molecule has 106 valence electrons. The van der Waals surface area contributed by atoms with E-state index in [0.717, 1.165) is 30.5 Å². The summed E-state index contributed by atoms with van der Waals surface area (Å²) in [6.45, 7) is 4.58. The topological polar surface area (TPSA) is 32.3 Å². The van der Waals surface area contributed by atoms with E-state index in [-0.39, 0.29) is 6.61 Å². The summed E-state index contributed by atoms with van der Waals surface area (Å²) in [6.07, 6.45) is 7.02. The van der Waals surface area contributed by atoms with Crippen LogP contribution in [-0.2, 0) is 13.2 Å². The predicted molar refractivity (Wildman–Crippen MR) is 79.8 cm³/mol. The molecular formula is C17H27NO. The highest BCUT2D eigenvalue weighted by molar-refractivity contribution is 5.21. The van der Waals surface area contributed by atoms with E-state index in [1.807, 2.05) is 12.1 Å². The minimum absolute atomic E-state index is 0.133. The number of aliphatic hydroxyl groups excluding tert-OH is 1. The van der Waals surface area contributed by atoms with Crippen LogP contribution in [0.15, 0.2) is 24.3 Å². The van der Waals surface area contributed by atoms with Crippen LogP contribution >= 0.6 is 0 Å². The maximum atomic E-state index is 8.99. The molecule has 2 rings (SSSR count). The number of hydrogen-bond acceptors (Lipinski definition) is 2. The lowest BCUT2D eigenvalue weighted by Crippen LogP contribution is -2.20. The number of aliphatic hydroxyl groups is 1. The van der Waals surface area contributed by atoms with Gasteiger partial charge in [0.05, 0.1) is 6.61 Å². The van der Waals surface area contributed by atoms with Gasteiger partial charge < -0.3 is 10.4 Å². The maximum absolute atomic E-state index is 8.99. The Morgan fingerprint density at radius 1 is 1.05 bits per heavy atom. The summed E-state index contributed by atoms with van der Waals surface area (Å²) in [6, 6.07) is 8.20. The normalized spacial score (nSPS) is 23.5. The van der Waals surface area contributed by atoms with Gasteiger partial charge in [-0.15, -0.1) is 0 Å². The Morgan fingerprint density at radius 2 is 1.68 bits per heavy atom. The van der Waals surface area contributed by atoms with Crippen molar-refractivity contribution in [3.8, 4) is 0 Å². The van der Waals surface area contributed by atoms with Crippen LogP contribution in [0.2, 0.25) is 0 Å². The lowest BCUT2D eigenvalue weighted by atomic mass is 9.81. The Kier molecular flexibility index (Phi) is 5.87. The molecule has 2 nitrogen and oxygen atoms in total. The molecule has 1 fully saturated rings. The highest BCUT2D eigenvalue weighted by Crippen LogP contribution is 2.29. The quantitative estimate of drug-likeness (QED) is 0.768. The standard InChI is InChI=1S/C17H27NO/c1-14-2-4-15(5-3-14)10-11-18-12-16-6-8-17(13-19)9-7-16/h6-9,14-15,18-19H,2-5,10-13H2,1H3. The third-order valence-electron chi connectivity index (χ3n) is 4.40. The van der Waals surface area contributed by atoms with Crippen molar-refractivity contribution in [2.75, 3.05) is 6.54 Å². The Bertz CT molecular complexity index is 352. The van der Waals surface area contributed by atoms with Crippen LogP contribution in [0.5, 0.6) is 0 Å². The van der Waals surface area contributed by atoms with E-state index in [0.29, 0.717) is 0 Å². The van der Waals surface area contributed by atoms with Crippen LogP contribution in [-0.4, -0.2) is 11.7 Å². The van der Waals surface area contributed by atoms with Gasteiger partial charge in [-0.3, -0.25) is 0 Å². The largest absolute Gasteiger partial charge is 0.392 e. The molecule has 1 aromatic carbocycles. The fourth-order valence-electron chi connectivity index (χ4n) is 2.92. The first-order valence-electron chi connectivity index (χ1n) is 7.67. The minimum Gasteiger partial charge on any atom is -0.392 e. The van der Waals surface area contributed by atoms with Crippen molar-refractivity contribution in [1.29, 1.82) is 0 Å². The third kappa shape index (κ3) is 4.96. The molecule has 0 bridgehead atoms. The zero-order valence-corrected chi connectivity index (χ0v) is 12.1. The molecule has 0 atom stereocenters. The smallest absolute Gasteiger partial charge is 0.0681 e. The van der Waals surface area contributed by atoms with E-state index in [2.05, 4.69) is 24.4 Å². The van der Waals surface area contributed by atoms with Crippen molar-refractivity contribution in [3.05, 3.63) is 35.4 Å². The molecule has 2 N–H and O–H groups in total. The van der Waals surface area contributed by atoms with Gasteiger partial charge in [-0.2, -0.15) is 0 Å². The van der Waals surface area contributed by atoms with Crippen LogP contribution in [0.3, 0.4) is 0 Å². The summed E-state index contributed by atoms with van der Waals surface area (Å²) in [7, 11) is 0. The molecule has 0 radical (unpaired) electrons. The van der Waals surface area contributed by atoms with E-state index in [1.54, 1.807) is 0 Å². The zero-order valence-electron chi connectivity index (χ0n) is 12.1. The Labute approximate surface area is 117 Å². The molecule has 0 amide bonds. The van der Waals surface area contributed by atoms with Gasteiger partial charge in [-0.1, -0.05) is 56.9 Å². The number of hydrogen-bond donors (Lipinski definition) is 2. The molecule has 19 heavy (non-hydrogen) atoms. The van der Waals surface area contributed by atoms with E-state index < -0.39 is 0 Å². The molecule has 1 aromatic rings. The lowest BCUT2D eigenvalue weighted by molar-refractivity contribution is 0.275. The van der Waals surface area contributed by atoms with E-state index >= 15 is 0 Å². The minimum atomic E-state index is 0.133. The molecule has 0 saturated heterocycles. The fourth-order valence-corrected chi connectivity index (χ4v) is 2.92. The second kappa shape index (κ2) is 7.66. The SMILES string of the molecule is CC1CCC(CCNCc2ccc(CO)cc2)CC1. The number of rotatable bonds is 6. The first-order chi connectivity index (χ1) is 9.28. The summed E-state index contributed by atoms with van der Waals surface area (Å²) < 4.78 is 0. The van der Waals surface area contributed by atoms with Crippen molar-refractivity contribution in [2.45, 2.75) is 52.2 Å². The molecule has 1 aliphatic rings. The van der Waals surface area contributed by atoms with Gasteiger partial charge in [0.15, 0.2) is 0 Å². The summed E-state index contributed by atoms with van der Waals surface area (Å²) in [5, 5.41) is 12.5. The van der Waals surface area contributed by atoms with Gasteiger partial charge in [-0.05, 0) is 35.9 Å². The van der Waals surface area contributed by atoms with Crippen molar-refractivity contribution in [1.82, 2.24) is 5.32 Å².